The summed E-state index contributed by atoms with van der Waals surface area (Å²) in [6.07, 6.45) is 1.57. The number of hydrogen-bond donors (Lipinski definition) is 1. The molecular formula is C26H33N3O8S. The Labute approximate surface area is 222 Å². The third-order valence-electron chi connectivity index (χ3n) is 6.56. The molecule has 2 aromatic carbocycles. The summed E-state index contributed by atoms with van der Waals surface area (Å²) in [7, 11) is -0.432. The third kappa shape index (κ3) is 6.55. The predicted octanol–water partition coefficient (Wildman–Crippen LogP) is 0.965. The second-order valence-electron chi connectivity index (χ2n) is 9.08. The van der Waals surface area contributed by atoms with E-state index in [2.05, 4.69) is 4.72 Å². The average Bonchev–Trinajstić information content (AvgIpc) is 2.91. The minimum absolute atomic E-state index is 0.125. The molecule has 0 radical (unpaired) electrons. The van der Waals surface area contributed by atoms with E-state index in [9.17, 15) is 18.0 Å². The van der Waals surface area contributed by atoms with Crippen LogP contribution in [0.4, 0.5) is 0 Å². The van der Waals surface area contributed by atoms with Gasteiger partial charge in [0.2, 0.25) is 21.8 Å². The Morgan fingerprint density at radius 3 is 2.45 bits per heavy atom. The van der Waals surface area contributed by atoms with Gasteiger partial charge in [0.1, 0.15) is 12.4 Å². The van der Waals surface area contributed by atoms with Crippen LogP contribution in [0.5, 0.6) is 17.2 Å². The van der Waals surface area contributed by atoms with E-state index in [4.69, 9.17) is 18.9 Å². The number of nitrogens with one attached hydrogen (secondary N) is 1. The number of methoxy groups -OCH3 is 2. The highest BCUT2D eigenvalue weighted by Crippen LogP contribution is 2.41. The molecule has 2 aromatic rings. The Morgan fingerprint density at radius 1 is 1.05 bits per heavy atom. The van der Waals surface area contributed by atoms with Gasteiger partial charge in [-0.05, 0) is 47.4 Å². The van der Waals surface area contributed by atoms with Crippen LogP contribution in [-0.4, -0.2) is 96.5 Å². The number of carbonyl (C=O) groups is 2. The summed E-state index contributed by atoms with van der Waals surface area (Å²) in [4.78, 5) is 29.7. The molecule has 0 aliphatic carbocycles. The molecule has 0 fully saturated rings. The maximum atomic E-state index is 13.8. The molecule has 5 rings (SSSR count). The van der Waals surface area contributed by atoms with Gasteiger partial charge >= 0.3 is 0 Å². The van der Waals surface area contributed by atoms with E-state index < -0.39 is 28.5 Å². The average molecular weight is 548 g/mol. The van der Waals surface area contributed by atoms with Crippen LogP contribution in [0.2, 0.25) is 0 Å². The number of fused-ring (bicyclic) bond motifs is 11. The summed E-state index contributed by atoms with van der Waals surface area (Å²) >= 11 is 0. The van der Waals surface area contributed by atoms with Crippen molar-refractivity contribution in [2.45, 2.75) is 12.5 Å². The Kier molecular flexibility index (Phi) is 8.75. The molecule has 12 heteroatoms. The summed E-state index contributed by atoms with van der Waals surface area (Å²) in [5, 5.41) is 0. The van der Waals surface area contributed by atoms with Gasteiger partial charge in [-0.1, -0.05) is 12.1 Å². The molecule has 2 bridgehead atoms. The summed E-state index contributed by atoms with van der Waals surface area (Å²) in [5.41, 5.74) is 2.82. The van der Waals surface area contributed by atoms with Gasteiger partial charge in [0, 0.05) is 13.1 Å². The molecule has 0 aromatic heterocycles. The highest BCUT2D eigenvalue weighted by atomic mass is 32.2. The number of hydrogen-bond acceptors (Lipinski definition) is 8. The monoisotopic (exact) mass is 547 g/mol. The molecule has 1 unspecified atom stereocenters. The summed E-state index contributed by atoms with van der Waals surface area (Å²) in [6.45, 7) is 0.661. The van der Waals surface area contributed by atoms with E-state index in [1.807, 2.05) is 36.4 Å². The molecule has 0 saturated heterocycles. The van der Waals surface area contributed by atoms with Crippen molar-refractivity contribution in [3.63, 3.8) is 0 Å². The second-order valence-corrected chi connectivity index (χ2v) is 10.9. The minimum Gasteiger partial charge on any atom is -0.493 e. The first-order chi connectivity index (χ1) is 18.2. The van der Waals surface area contributed by atoms with E-state index in [0.717, 1.165) is 22.9 Å². The first-order valence-electron chi connectivity index (χ1n) is 12.3. The molecule has 3 aliphatic heterocycles. The van der Waals surface area contributed by atoms with Crippen molar-refractivity contribution in [2.24, 2.45) is 0 Å². The molecule has 1 atom stereocenters. The largest absolute Gasteiger partial charge is 0.493 e. The fourth-order valence-electron chi connectivity index (χ4n) is 4.67. The van der Waals surface area contributed by atoms with Crippen molar-refractivity contribution in [3.8, 4) is 17.2 Å². The Morgan fingerprint density at radius 2 is 1.76 bits per heavy atom. The van der Waals surface area contributed by atoms with Crippen molar-refractivity contribution in [1.82, 2.24) is 14.5 Å². The highest BCUT2D eigenvalue weighted by Gasteiger charge is 2.34. The lowest BCUT2D eigenvalue weighted by Gasteiger charge is -2.39. The number of amides is 2. The van der Waals surface area contributed by atoms with Gasteiger partial charge in [-0.2, -0.15) is 0 Å². The van der Waals surface area contributed by atoms with E-state index in [-0.39, 0.29) is 25.6 Å². The Hall–Kier alpha value is -3.35. The zero-order valence-electron chi connectivity index (χ0n) is 21.8. The Bertz CT molecular complexity index is 1270. The molecule has 206 valence electrons. The lowest BCUT2D eigenvalue weighted by Crippen LogP contribution is -2.49. The maximum Gasteiger partial charge on any atom is 0.242 e. The normalized spacial score (nSPS) is 18.5. The highest BCUT2D eigenvalue weighted by molar-refractivity contribution is 7.88. The standard InChI is InChI=1S/C26H33N3O8S/c1-34-22-14-19-8-9-29-25(31)17-28(24(30)16-27-38(3,32)33)10-11-36-12-13-37-20-6-4-18(5-7-20)26(29)21(19)15-23(22)35-2/h4-7,14-15,26-27H,8-13,16-17H2,1-3H3. The number of carbonyl (C=O) groups excluding carboxylic acids is 2. The Balaban J connectivity index is 1.71. The molecule has 3 heterocycles. The van der Waals surface area contributed by atoms with Crippen LogP contribution in [0.25, 0.3) is 0 Å². The van der Waals surface area contributed by atoms with E-state index in [1.54, 1.807) is 19.1 Å². The summed E-state index contributed by atoms with van der Waals surface area (Å²) in [5.74, 6) is 1.06. The lowest BCUT2D eigenvalue weighted by atomic mass is 9.87. The van der Waals surface area contributed by atoms with Crippen LogP contribution in [0, 0.1) is 0 Å². The van der Waals surface area contributed by atoms with Gasteiger partial charge in [0.15, 0.2) is 11.5 Å². The number of rotatable bonds is 5. The van der Waals surface area contributed by atoms with Crippen molar-refractivity contribution in [1.29, 1.82) is 0 Å². The van der Waals surface area contributed by atoms with E-state index >= 15 is 0 Å². The smallest absolute Gasteiger partial charge is 0.242 e. The fourth-order valence-corrected chi connectivity index (χ4v) is 5.05. The van der Waals surface area contributed by atoms with Crippen molar-refractivity contribution in [2.75, 3.05) is 66.5 Å². The molecule has 3 aliphatic rings. The maximum absolute atomic E-state index is 13.8. The van der Waals surface area contributed by atoms with Gasteiger partial charge in [-0.25, -0.2) is 13.1 Å². The SMILES string of the molecule is COc1cc2c(cc1OC)C1c3ccc(cc3)OCCOCCN(C(=O)CNS(C)(=O)=O)CC(=O)N1CC2. The number of ether oxygens (including phenoxy) is 4. The molecular weight excluding hydrogens is 514 g/mol. The van der Waals surface area contributed by atoms with Crippen molar-refractivity contribution < 1.29 is 37.0 Å². The van der Waals surface area contributed by atoms with Crippen LogP contribution in [0.15, 0.2) is 36.4 Å². The van der Waals surface area contributed by atoms with Gasteiger partial charge in [0.25, 0.3) is 0 Å². The van der Waals surface area contributed by atoms with Gasteiger partial charge in [-0.15, -0.1) is 0 Å². The summed E-state index contributed by atoms with van der Waals surface area (Å²) in [6, 6.07) is 11.0. The third-order valence-corrected chi connectivity index (χ3v) is 7.22. The van der Waals surface area contributed by atoms with Crippen molar-refractivity contribution in [3.05, 3.63) is 53.1 Å². The quantitative estimate of drug-likeness (QED) is 0.550. The molecule has 11 nitrogen and oxygen atoms in total. The van der Waals surface area contributed by atoms with E-state index in [1.165, 1.54) is 4.90 Å². The van der Waals surface area contributed by atoms with Crippen molar-refractivity contribution >= 4 is 21.8 Å². The zero-order valence-corrected chi connectivity index (χ0v) is 22.6. The molecule has 2 amide bonds. The number of benzene rings is 2. The first-order valence-corrected chi connectivity index (χ1v) is 14.2. The topological polar surface area (TPSA) is 124 Å². The fraction of sp³-hybridized carbons (Fsp3) is 0.462. The van der Waals surface area contributed by atoms with Crippen LogP contribution in [0.1, 0.15) is 22.7 Å². The summed E-state index contributed by atoms with van der Waals surface area (Å²) < 4.78 is 47.7. The zero-order chi connectivity index (χ0) is 27.3. The number of nitrogens with zero attached hydrogens (tertiary/aromatic N) is 2. The lowest BCUT2D eigenvalue weighted by molar-refractivity contribution is -0.141. The van der Waals surface area contributed by atoms with Gasteiger partial charge < -0.3 is 28.7 Å². The predicted molar refractivity (Wildman–Crippen MR) is 139 cm³/mol. The molecule has 0 saturated carbocycles. The van der Waals surface area contributed by atoms with Crippen LogP contribution >= 0.6 is 0 Å². The minimum atomic E-state index is -3.58. The van der Waals surface area contributed by atoms with E-state index in [0.29, 0.717) is 43.4 Å². The van der Waals surface area contributed by atoms with Crippen LogP contribution in [0.3, 0.4) is 0 Å². The van der Waals surface area contributed by atoms with Crippen LogP contribution < -0.4 is 18.9 Å². The van der Waals surface area contributed by atoms with Gasteiger partial charge in [0.05, 0.1) is 52.8 Å². The van der Waals surface area contributed by atoms with Gasteiger partial charge in [-0.3, -0.25) is 9.59 Å². The molecule has 1 N–H and O–H groups in total. The second kappa shape index (κ2) is 12.0. The number of sulfonamides is 1. The molecule has 0 spiro atoms. The first kappa shape index (κ1) is 27.7. The molecule has 38 heavy (non-hydrogen) atoms. The van der Waals surface area contributed by atoms with Crippen LogP contribution in [-0.2, 0) is 30.8 Å².